The Morgan fingerprint density at radius 1 is 1.30 bits per heavy atom. The third kappa shape index (κ3) is 2.34. The van der Waals surface area contributed by atoms with Gasteiger partial charge >= 0.3 is 0 Å². The van der Waals surface area contributed by atoms with Gasteiger partial charge in [0.25, 0.3) is 0 Å². The van der Waals surface area contributed by atoms with Gasteiger partial charge in [0.05, 0.1) is 30.8 Å². The summed E-state index contributed by atoms with van der Waals surface area (Å²) >= 11 is 0. The summed E-state index contributed by atoms with van der Waals surface area (Å²) in [6.07, 6.45) is 3.82. The number of hydrogen-bond acceptors (Lipinski definition) is 5. The van der Waals surface area contributed by atoms with Crippen LogP contribution < -0.4 is 10.6 Å². The van der Waals surface area contributed by atoms with E-state index >= 15 is 0 Å². The molecule has 6 nitrogen and oxygen atoms in total. The predicted octanol–water partition coefficient (Wildman–Crippen LogP) is 1.21. The highest BCUT2D eigenvalue weighted by Crippen LogP contribution is 2.32. The van der Waals surface area contributed by atoms with E-state index in [9.17, 15) is 0 Å². The van der Waals surface area contributed by atoms with Gasteiger partial charge in [0.1, 0.15) is 5.82 Å². The molecule has 2 aromatic rings. The van der Waals surface area contributed by atoms with Gasteiger partial charge in [-0.05, 0) is 13.0 Å². The molecule has 20 heavy (non-hydrogen) atoms. The lowest BCUT2D eigenvalue weighted by molar-refractivity contribution is 0.122. The molecule has 0 spiro atoms. The van der Waals surface area contributed by atoms with Crippen LogP contribution in [-0.4, -0.2) is 41.1 Å². The minimum Gasteiger partial charge on any atom is -0.397 e. The number of nitrogens with zero attached hydrogens (tertiary/aromatic N) is 4. The van der Waals surface area contributed by atoms with E-state index in [1.54, 1.807) is 4.68 Å². The summed E-state index contributed by atoms with van der Waals surface area (Å²) in [4.78, 5) is 6.94. The normalized spacial score (nSPS) is 15.6. The first kappa shape index (κ1) is 12.9. The van der Waals surface area contributed by atoms with Crippen molar-refractivity contribution >= 4 is 11.5 Å². The van der Waals surface area contributed by atoms with Crippen molar-refractivity contribution in [2.24, 2.45) is 7.05 Å². The summed E-state index contributed by atoms with van der Waals surface area (Å²) < 4.78 is 7.20. The highest BCUT2D eigenvalue weighted by Gasteiger charge is 2.19. The van der Waals surface area contributed by atoms with Crippen molar-refractivity contribution in [3.63, 3.8) is 0 Å². The van der Waals surface area contributed by atoms with Crippen LogP contribution in [0.15, 0.2) is 18.5 Å². The van der Waals surface area contributed by atoms with Gasteiger partial charge in [-0.25, -0.2) is 4.98 Å². The fourth-order valence-electron chi connectivity index (χ4n) is 2.40. The van der Waals surface area contributed by atoms with Gasteiger partial charge in [0.15, 0.2) is 0 Å². The van der Waals surface area contributed by atoms with Gasteiger partial charge in [-0.2, -0.15) is 5.10 Å². The standard InChI is InChI=1S/C14H19N5O/c1-10-13(15)7-12(11-8-16-18(2)9-11)14(17-10)19-3-5-20-6-4-19/h7-9H,3-6,15H2,1-2H3. The summed E-state index contributed by atoms with van der Waals surface area (Å²) in [6, 6.07) is 1.99. The van der Waals surface area contributed by atoms with Crippen molar-refractivity contribution < 1.29 is 4.74 Å². The fourth-order valence-corrected chi connectivity index (χ4v) is 2.40. The van der Waals surface area contributed by atoms with Gasteiger partial charge in [-0.15, -0.1) is 0 Å². The molecule has 0 aliphatic carbocycles. The molecule has 2 aromatic heterocycles. The Kier molecular flexibility index (Phi) is 3.31. The Morgan fingerprint density at radius 2 is 2.05 bits per heavy atom. The first-order valence-corrected chi connectivity index (χ1v) is 6.74. The number of aryl methyl sites for hydroxylation is 2. The molecule has 106 valence electrons. The maximum Gasteiger partial charge on any atom is 0.137 e. The number of nitrogens with two attached hydrogens (primary N) is 1. The molecule has 0 radical (unpaired) electrons. The van der Waals surface area contributed by atoms with Gasteiger partial charge in [0.2, 0.25) is 0 Å². The molecule has 1 aliphatic rings. The maximum atomic E-state index is 6.03. The molecule has 1 aliphatic heterocycles. The van der Waals surface area contributed by atoms with Gasteiger partial charge in [-0.3, -0.25) is 4.68 Å². The van der Waals surface area contributed by atoms with Crippen LogP contribution >= 0.6 is 0 Å². The first-order chi connectivity index (χ1) is 9.65. The monoisotopic (exact) mass is 273 g/mol. The summed E-state index contributed by atoms with van der Waals surface area (Å²) in [6.45, 7) is 5.11. The van der Waals surface area contributed by atoms with E-state index in [0.717, 1.165) is 48.9 Å². The molecule has 2 N–H and O–H groups in total. The number of hydrogen-bond donors (Lipinski definition) is 1. The largest absolute Gasteiger partial charge is 0.397 e. The van der Waals surface area contributed by atoms with Crippen LogP contribution in [0.25, 0.3) is 11.1 Å². The van der Waals surface area contributed by atoms with Gasteiger partial charge < -0.3 is 15.4 Å². The second-order valence-electron chi connectivity index (χ2n) is 5.04. The van der Waals surface area contributed by atoms with Gasteiger partial charge in [0, 0.05) is 37.5 Å². The minimum absolute atomic E-state index is 0.709. The Labute approximate surface area is 118 Å². The van der Waals surface area contributed by atoms with Crippen molar-refractivity contribution in [2.45, 2.75) is 6.92 Å². The number of ether oxygens (including phenoxy) is 1. The van der Waals surface area contributed by atoms with E-state index in [-0.39, 0.29) is 0 Å². The van der Waals surface area contributed by atoms with Crippen LogP contribution in [0.1, 0.15) is 5.69 Å². The number of rotatable bonds is 2. The van der Waals surface area contributed by atoms with Crippen LogP contribution in [0.3, 0.4) is 0 Å². The zero-order chi connectivity index (χ0) is 14.1. The molecule has 0 unspecified atom stereocenters. The summed E-state index contributed by atoms with van der Waals surface area (Å²) in [5.41, 5.74) is 9.67. The lowest BCUT2D eigenvalue weighted by Gasteiger charge is -2.29. The van der Waals surface area contributed by atoms with Crippen molar-refractivity contribution in [1.29, 1.82) is 0 Å². The van der Waals surface area contributed by atoms with E-state index in [1.807, 2.05) is 32.4 Å². The predicted molar refractivity (Wildman–Crippen MR) is 78.6 cm³/mol. The molecule has 1 fully saturated rings. The van der Waals surface area contributed by atoms with Crippen molar-refractivity contribution in [1.82, 2.24) is 14.8 Å². The second-order valence-corrected chi connectivity index (χ2v) is 5.04. The highest BCUT2D eigenvalue weighted by atomic mass is 16.5. The molecule has 3 rings (SSSR count). The molecule has 0 bridgehead atoms. The first-order valence-electron chi connectivity index (χ1n) is 6.74. The van der Waals surface area contributed by atoms with Gasteiger partial charge in [-0.1, -0.05) is 0 Å². The van der Waals surface area contributed by atoms with Crippen LogP contribution in [0.5, 0.6) is 0 Å². The van der Waals surface area contributed by atoms with Crippen molar-refractivity contribution in [2.75, 3.05) is 36.9 Å². The number of morpholine rings is 1. The SMILES string of the molecule is Cc1nc(N2CCOCC2)c(-c2cnn(C)c2)cc1N. The molecule has 0 amide bonds. The van der Waals surface area contributed by atoms with E-state index in [0.29, 0.717) is 5.69 Å². The number of anilines is 2. The van der Waals surface area contributed by atoms with Crippen LogP contribution in [0.2, 0.25) is 0 Å². The number of aromatic nitrogens is 3. The van der Waals surface area contributed by atoms with Crippen LogP contribution in [0.4, 0.5) is 11.5 Å². The third-order valence-corrected chi connectivity index (χ3v) is 3.56. The van der Waals surface area contributed by atoms with E-state index in [1.165, 1.54) is 0 Å². The van der Waals surface area contributed by atoms with Crippen LogP contribution in [-0.2, 0) is 11.8 Å². The van der Waals surface area contributed by atoms with Crippen LogP contribution in [0, 0.1) is 6.92 Å². The average molecular weight is 273 g/mol. The molecule has 6 heteroatoms. The molecule has 1 saturated heterocycles. The average Bonchev–Trinajstić information content (AvgIpc) is 2.89. The smallest absolute Gasteiger partial charge is 0.137 e. The topological polar surface area (TPSA) is 69.2 Å². The molecule has 0 saturated carbocycles. The minimum atomic E-state index is 0.709. The summed E-state index contributed by atoms with van der Waals surface area (Å²) in [7, 11) is 1.91. The molecular formula is C14H19N5O. The van der Waals surface area contributed by atoms with Crippen molar-refractivity contribution in [3.05, 3.63) is 24.2 Å². The van der Waals surface area contributed by atoms with E-state index in [2.05, 4.69) is 10.00 Å². The van der Waals surface area contributed by atoms with E-state index in [4.69, 9.17) is 15.5 Å². The number of nitrogen functional groups attached to an aromatic ring is 1. The lowest BCUT2D eigenvalue weighted by Crippen LogP contribution is -2.37. The highest BCUT2D eigenvalue weighted by molar-refractivity contribution is 5.78. The summed E-state index contributed by atoms with van der Waals surface area (Å²) in [5, 5.41) is 4.24. The molecule has 0 atom stereocenters. The second kappa shape index (κ2) is 5.13. The Morgan fingerprint density at radius 3 is 2.70 bits per heavy atom. The Bertz CT molecular complexity index is 616. The number of pyridine rings is 1. The third-order valence-electron chi connectivity index (χ3n) is 3.56. The quantitative estimate of drug-likeness (QED) is 0.890. The van der Waals surface area contributed by atoms with E-state index < -0.39 is 0 Å². The fraction of sp³-hybridized carbons (Fsp3) is 0.429. The maximum absolute atomic E-state index is 6.03. The summed E-state index contributed by atoms with van der Waals surface area (Å²) in [5.74, 6) is 0.966. The Hall–Kier alpha value is -2.08. The molecule has 0 aromatic carbocycles. The zero-order valence-electron chi connectivity index (χ0n) is 11.8. The Balaban J connectivity index is 2.08. The lowest BCUT2D eigenvalue weighted by atomic mass is 10.1. The molecular weight excluding hydrogens is 254 g/mol. The molecule has 3 heterocycles. The van der Waals surface area contributed by atoms with Crippen molar-refractivity contribution in [3.8, 4) is 11.1 Å². The zero-order valence-corrected chi connectivity index (χ0v) is 11.8.